The fourth-order valence-corrected chi connectivity index (χ4v) is 4.27. The molecular formula is C27H24ClN5O5S. The van der Waals surface area contributed by atoms with E-state index >= 15 is 0 Å². The first-order valence-corrected chi connectivity index (χ1v) is 12.9. The first-order chi connectivity index (χ1) is 19.0. The number of carbonyl (C=O) groups excluding carboxylic acids is 2. The fourth-order valence-electron chi connectivity index (χ4n) is 3.26. The van der Waals surface area contributed by atoms with Crippen molar-refractivity contribution < 1.29 is 23.8 Å². The highest BCUT2D eigenvalue weighted by atomic mass is 35.5. The Morgan fingerprint density at radius 3 is 2.46 bits per heavy atom. The maximum Gasteiger partial charge on any atom is 0.257 e. The molecule has 0 bridgehead atoms. The summed E-state index contributed by atoms with van der Waals surface area (Å²) in [5, 5.41) is 15.5. The number of nitrogens with one attached hydrogen (secondary N) is 2. The van der Waals surface area contributed by atoms with E-state index in [-0.39, 0.29) is 18.9 Å². The molecule has 0 unspecified atom stereocenters. The van der Waals surface area contributed by atoms with Crippen LogP contribution in [0.15, 0.2) is 77.9 Å². The minimum Gasteiger partial charge on any atom is -0.493 e. The summed E-state index contributed by atoms with van der Waals surface area (Å²) in [7, 11) is 1.50. The molecule has 1 aromatic heterocycles. The van der Waals surface area contributed by atoms with Gasteiger partial charge in [0.05, 0.1) is 24.8 Å². The predicted octanol–water partition coefficient (Wildman–Crippen LogP) is 4.60. The number of hydrazone groups is 1. The van der Waals surface area contributed by atoms with Gasteiger partial charge in [-0.05, 0) is 42.0 Å². The molecule has 0 spiro atoms. The van der Waals surface area contributed by atoms with Crippen LogP contribution >= 0.6 is 22.9 Å². The minimum absolute atomic E-state index is 0.0574. The molecule has 0 aliphatic rings. The number of anilines is 1. The highest BCUT2D eigenvalue weighted by Crippen LogP contribution is 2.36. The van der Waals surface area contributed by atoms with E-state index < -0.39 is 5.91 Å². The summed E-state index contributed by atoms with van der Waals surface area (Å²) in [4.78, 5) is 24.5. The molecule has 0 atom stereocenters. The van der Waals surface area contributed by atoms with Crippen LogP contribution in [0.3, 0.4) is 0 Å². The Kier molecular flexibility index (Phi) is 9.81. The zero-order valence-corrected chi connectivity index (χ0v) is 22.4. The Morgan fingerprint density at radius 1 is 1.00 bits per heavy atom. The van der Waals surface area contributed by atoms with Crippen LogP contribution in [0.5, 0.6) is 17.2 Å². The number of ether oxygens (including phenoxy) is 3. The Balaban J connectivity index is 1.26. The normalized spacial score (nSPS) is 10.7. The molecule has 12 heteroatoms. The number of nitrogens with zero attached hydrogens (tertiary/aromatic N) is 3. The van der Waals surface area contributed by atoms with Gasteiger partial charge in [0.25, 0.3) is 5.91 Å². The largest absolute Gasteiger partial charge is 0.493 e. The van der Waals surface area contributed by atoms with Crippen molar-refractivity contribution in [3.05, 3.63) is 94.0 Å². The predicted molar refractivity (Wildman–Crippen MR) is 149 cm³/mol. The maximum absolute atomic E-state index is 12.3. The Morgan fingerprint density at radius 2 is 1.72 bits per heavy atom. The summed E-state index contributed by atoms with van der Waals surface area (Å²) in [5.41, 5.74) is 3.52. The SMILES string of the molecule is COc1cc(/C=N/NC(=O)Cc2nnc(NC(=O)c3ccccc3)s2)cc(Cl)c1OCCOc1ccccc1. The molecule has 0 aliphatic carbocycles. The summed E-state index contributed by atoms with van der Waals surface area (Å²) in [5.74, 6) is 0.824. The fraction of sp³-hybridized carbons (Fsp3) is 0.148. The summed E-state index contributed by atoms with van der Waals surface area (Å²) in [6, 6.07) is 21.5. The van der Waals surface area contributed by atoms with E-state index in [2.05, 4.69) is 26.0 Å². The van der Waals surface area contributed by atoms with Crippen molar-refractivity contribution in [1.29, 1.82) is 0 Å². The molecular weight excluding hydrogens is 542 g/mol. The van der Waals surface area contributed by atoms with Crippen molar-refractivity contribution >= 4 is 46.1 Å². The van der Waals surface area contributed by atoms with Crippen molar-refractivity contribution in [2.75, 3.05) is 25.6 Å². The van der Waals surface area contributed by atoms with Crippen LogP contribution in [0.2, 0.25) is 5.02 Å². The van der Waals surface area contributed by atoms with Gasteiger partial charge in [-0.1, -0.05) is 59.3 Å². The molecule has 10 nitrogen and oxygen atoms in total. The lowest BCUT2D eigenvalue weighted by atomic mass is 10.2. The zero-order valence-electron chi connectivity index (χ0n) is 20.8. The van der Waals surface area contributed by atoms with E-state index in [9.17, 15) is 9.59 Å². The molecule has 0 aliphatic heterocycles. The summed E-state index contributed by atoms with van der Waals surface area (Å²) in [6.07, 6.45) is 1.37. The van der Waals surface area contributed by atoms with E-state index in [0.717, 1.165) is 17.1 Å². The highest BCUT2D eigenvalue weighted by Gasteiger charge is 2.14. The van der Waals surface area contributed by atoms with E-state index in [4.69, 9.17) is 25.8 Å². The van der Waals surface area contributed by atoms with Gasteiger partial charge in [-0.3, -0.25) is 14.9 Å². The number of benzene rings is 3. The first kappa shape index (κ1) is 27.6. The van der Waals surface area contributed by atoms with Gasteiger partial charge in [-0.2, -0.15) is 5.10 Å². The lowest BCUT2D eigenvalue weighted by molar-refractivity contribution is -0.120. The van der Waals surface area contributed by atoms with Crippen LogP contribution < -0.4 is 25.0 Å². The third-order valence-corrected chi connectivity index (χ3v) is 6.15. The Bertz CT molecular complexity index is 1430. The maximum atomic E-state index is 12.3. The standard InChI is InChI=1S/C27H24ClN5O5S/c1-36-22-15-18(14-21(28)25(22)38-13-12-37-20-10-6-3-7-11-20)17-29-31-23(34)16-24-32-33-27(39-24)30-26(35)19-8-4-2-5-9-19/h2-11,14-15,17H,12-13,16H2,1H3,(H,31,34)(H,30,33,35)/b29-17+. The molecule has 4 aromatic rings. The molecule has 0 fully saturated rings. The van der Waals surface area contributed by atoms with E-state index in [1.165, 1.54) is 13.3 Å². The summed E-state index contributed by atoms with van der Waals surface area (Å²) < 4.78 is 16.8. The van der Waals surface area contributed by atoms with Gasteiger partial charge in [0.2, 0.25) is 11.0 Å². The Hall–Kier alpha value is -4.48. The van der Waals surface area contributed by atoms with Gasteiger partial charge in [0.15, 0.2) is 11.5 Å². The van der Waals surface area contributed by atoms with E-state index in [0.29, 0.717) is 44.4 Å². The molecule has 200 valence electrons. The van der Waals surface area contributed by atoms with Crippen LogP contribution in [0.4, 0.5) is 5.13 Å². The van der Waals surface area contributed by atoms with Crippen LogP contribution in [0.1, 0.15) is 20.9 Å². The first-order valence-electron chi connectivity index (χ1n) is 11.7. The van der Waals surface area contributed by atoms with Crippen LogP contribution in [0.25, 0.3) is 0 Å². The number of aromatic nitrogens is 2. The highest BCUT2D eigenvalue weighted by molar-refractivity contribution is 7.15. The topological polar surface area (TPSA) is 124 Å². The number of rotatable bonds is 12. The summed E-state index contributed by atoms with van der Waals surface area (Å²) in [6.45, 7) is 0.589. The number of hydrogen-bond acceptors (Lipinski definition) is 9. The lowest BCUT2D eigenvalue weighted by Crippen LogP contribution is -2.19. The van der Waals surface area contributed by atoms with E-state index in [1.807, 2.05) is 36.4 Å². The molecule has 2 amide bonds. The smallest absolute Gasteiger partial charge is 0.257 e. The van der Waals surface area contributed by atoms with Gasteiger partial charge in [-0.15, -0.1) is 10.2 Å². The molecule has 39 heavy (non-hydrogen) atoms. The average Bonchev–Trinajstić information content (AvgIpc) is 3.39. The van der Waals surface area contributed by atoms with Gasteiger partial charge in [-0.25, -0.2) is 5.43 Å². The number of methoxy groups -OCH3 is 1. The van der Waals surface area contributed by atoms with Gasteiger partial charge in [0, 0.05) is 5.56 Å². The van der Waals surface area contributed by atoms with Crippen LogP contribution in [0, 0.1) is 0 Å². The monoisotopic (exact) mass is 565 g/mol. The number of halogens is 1. The summed E-state index contributed by atoms with van der Waals surface area (Å²) >= 11 is 7.50. The number of amides is 2. The number of carbonyl (C=O) groups is 2. The minimum atomic E-state index is -0.403. The van der Waals surface area contributed by atoms with Crippen molar-refractivity contribution in [2.45, 2.75) is 6.42 Å². The van der Waals surface area contributed by atoms with Crippen LogP contribution in [-0.2, 0) is 11.2 Å². The van der Waals surface area contributed by atoms with Crippen molar-refractivity contribution in [2.24, 2.45) is 5.10 Å². The molecule has 3 aromatic carbocycles. The second kappa shape index (κ2) is 13.9. The van der Waals surface area contributed by atoms with Crippen molar-refractivity contribution in [3.63, 3.8) is 0 Å². The van der Waals surface area contributed by atoms with Crippen LogP contribution in [-0.4, -0.2) is 48.5 Å². The lowest BCUT2D eigenvalue weighted by Gasteiger charge is -2.13. The molecule has 2 N–H and O–H groups in total. The van der Waals surface area contributed by atoms with Crippen molar-refractivity contribution in [3.8, 4) is 17.2 Å². The van der Waals surface area contributed by atoms with Gasteiger partial charge >= 0.3 is 0 Å². The van der Waals surface area contributed by atoms with Crippen molar-refractivity contribution in [1.82, 2.24) is 15.6 Å². The Labute approximate surface area is 233 Å². The van der Waals surface area contributed by atoms with Gasteiger partial charge < -0.3 is 14.2 Å². The van der Waals surface area contributed by atoms with E-state index in [1.54, 1.807) is 36.4 Å². The number of para-hydroxylation sites is 1. The second-order valence-electron chi connectivity index (χ2n) is 7.84. The molecule has 0 radical (unpaired) electrons. The third kappa shape index (κ3) is 8.25. The molecule has 1 heterocycles. The zero-order chi connectivity index (χ0) is 27.5. The average molecular weight is 566 g/mol. The van der Waals surface area contributed by atoms with Gasteiger partial charge in [0.1, 0.15) is 24.0 Å². The number of hydrogen-bond donors (Lipinski definition) is 2. The quantitative estimate of drug-likeness (QED) is 0.146. The molecule has 4 rings (SSSR count). The molecule has 0 saturated carbocycles. The third-order valence-electron chi connectivity index (χ3n) is 5.03. The molecule has 0 saturated heterocycles. The second-order valence-corrected chi connectivity index (χ2v) is 9.30.